The molecule has 1 aromatic heterocycles. The van der Waals surface area contributed by atoms with Crippen molar-refractivity contribution in [2.45, 2.75) is 37.4 Å². The molecule has 1 atom stereocenters. The quantitative estimate of drug-likeness (QED) is 0.216. The third-order valence-corrected chi connectivity index (χ3v) is 7.49. The summed E-state index contributed by atoms with van der Waals surface area (Å²) in [5.41, 5.74) is 10.3. The van der Waals surface area contributed by atoms with Crippen LogP contribution < -0.4 is 16.8 Å². The lowest BCUT2D eigenvalue weighted by Crippen LogP contribution is -2.38. The number of amides is 2. The molecule has 3 aromatic carbocycles. The molecule has 12 heteroatoms. The highest BCUT2D eigenvalue weighted by Gasteiger charge is 2.37. The molecule has 1 saturated carbocycles. The minimum Gasteiger partial charge on any atom is -0.366 e. The van der Waals surface area contributed by atoms with E-state index in [9.17, 15) is 28.0 Å². The molecule has 1 fully saturated rings. The van der Waals surface area contributed by atoms with Gasteiger partial charge >= 0.3 is 6.18 Å². The van der Waals surface area contributed by atoms with Crippen LogP contribution in [0.1, 0.15) is 68.9 Å². The average Bonchev–Trinajstić information content (AvgIpc) is 3.70. The molecule has 0 spiro atoms. The Hall–Kier alpha value is -5.02. The van der Waals surface area contributed by atoms with Crippen molar-refractivity contribution in [2.75, 3.05) is 5.32 Å². The van der Waals surface area contributed by atoms with E-state index < -0.39 is 40.7 Å². The van der Waals surface area contributed by atoms with Crippen LogP contribution in [0.25, 0.3) is 5.69 Å². The molecular weight excluding hydrogens is 564 g/mol. The van der Waals surface area contributed by atoms with E-state index >= 15 is 4.39 Å². The van der Waals surface area contributed by atoms with Crippen LogP contribution >= 0.6 is 0 Å². The van der Waals surface area contributed by atoms with Crippen molar-refractivity contribution in [3.05, 3.63) is 112 Å². The second kappa shape index (κ2) is 11.3. The fraction of sp³-hybridized carbons (Fsp3) is 0.226. The molecule has 43 heavy (non-hydrogen) atoms. The van der Waals surface area contributed by atoms with Crippen molar-refractivity contribution in [3.63, 3.8) is 0 Å². The van der Waals surface area contributed by atoms with Gasteiger partial charge in [0.05, 0.1) is 28.5 Å². The third kappa shape index (κ3) is 6.27. The van der Waals surface area contributed by atoms with Crippen LogP contribution in [-0.4, -0.2) is 21.6 Å². The van der Waals surface area contributed by atoms with Crippen molar-refractivity contribution in [3.8, 4) is 11.8 Å². The van der Waals surface area contributed by atoms with Gasteiger partial charge in [0.25, 0.3) is 5.91 Å². The third-order valence-electron chi connectivity index (χ3n) is 7.49. The van der Waals surface area contributed by atoms with Gasteiger partial charge < -0.3 is 16.8 Å². The van der Waals surface area contributed by atoms with E-state index in [2.05, 4.69) is 16.5 Å². The maximum Gasteiger partial charge on any atom is 0.435 e. The fourth-order valence-corrected chi connectivity index (χ4v) is 4.91. The van der Waals surface area contributed by atoms with E-state index in [0.29, 0.717) is 39.8 Å². The number of carbonyl (C=O) groups excluding carboxylic acids is 2. The van der Waals surface area contributed by atoms with Crippen LogP contribution in [0.3, 0.4) is 0 Å². The van der Waals surface area contributed by atoms with Gasteiger partial charge in [-0.15, -0.1) is 0 Å². The van der Waals surface area contributed by atoms with Crippen LogP contribution in [0.4, 0.5) is 23.2 Å². The van der Waals surface area contributed by atoms with Crippen LogP contribution in [0.5, 0.6) is 0 Å². The van der Waals surface area contributed by atoms with Crippen molar-refractivity contribution in [1.29, 1.82) is 5.26 Å². The van der Waals surface area contributed by atoms with Crippen molar-refractivity contribution in [2.24, 2.45) is 17.4 Å². The van der Waals surface area contributed by atoms with Crippen LogP contribution in [0, 0.1) is 23.1 Å². The number of nitrogens with one attached hydrogen (secondary N) is 1. The normalized spacial score (nSPS) is 14.5. The number of aromatic nitrogens is 2. The van der Waals surface area contributed by atoms with Crippen LogP contribution in [0.15, 0.2) is 72.8 Å². The highest BCUT2D eigenvalue weighted by atomic mass is 19.4. The van der Waals surface area contributed by atoms with Gasteiger partial charge in [-0.1, -0.05) is 37.1 Å². The predicted molar refractivity (Wildman–Crippen MR) is 150 cm³/mol. The number of alkyl halides is 3. The van der Waals surface area contributed by atoms with E-state index in [-0.39, 0.29) is 16.9 Å². The summed E-state index contributed by atoms with van der Waals surface area (Å²) >= 11 is 0. The maximum absolute atomic E-state index is 15.1. The second-order valence-electron chi connectivity index (χ2n) is 10.5. The number of benzene rings is 3. The molecule has 1 aliphatic rings. The Kier molecular flexibility index (Phi) is 7.77. The van der Waals surface area contributed by atoms with Gasteiger partial charge in [0.1, 0.15) is 11.5 Å². The van der Waals surface area contributed by atoms with E-state index in [1.165, 1.54) is 36.4 Å². The monoisotopic (exact) mass is 590 g/mol. The number of hydrogen-bond acceptors (Lipinski definition) is 5. The number of anilines is 1. The summed E-state index contributed by atoms with van der Waals surface area (Å²) in [6.45, 7) is 0. The number of rotatable bonds is 9. The molecule has 0 saturated heterocycles. The van der Waals surface area contributed by atoms with Crippen molar-refractivity contribution < 1.29 is 27.2 Å². The first kappa shape index (κ1) is 29.5. The lowest BCUT2D eigenvalue weighted by molar-refractivity contribution is -0.141. The molecule has 0 radical (unpaired) electrons. The Bertz CT molecular complexity index is 1760. The zero-order chi connectivity index (χ0) is 30.9. The Balaban J connectivity index is 1.54. The predicted octanol–water partition coefficient (Wildman–Crippen LogP) is 5.65. The van der Waals surface area contributed by atoms with Gasteiger partial charge in [-0.2, -0.15) is 23.5 Å². The topological polar surface area (TPSA) is 140 Å². The lowest BCUT2D eigenvalue weighted by atomic mass is 9.79. The molecule has 5 N–H and O–H groups in total. The van der Waals surface area contributed by atoms with Gasteiger partial charge in [-0.25, -0.2) is 9.07 Å². The highest BCUT2D eigenvalue weighted by Crippen LogP contribution is 2.41. The lowest BCUT2D eigenvalue weighted by Gasteiger charge is -2.32. The first-order valence-electron chi connectivity index (χ1n) is 13.4. The van der Waals surface area contributed by atoms with Gasteiger partial charge in [-0.3, -0.25) is 9.59 Å². The Labute approximate surface area is 243 Å². The molecule has 5 rings (SSSR count). The maximum atomic E-state index is 15.1. The molecular formula is C31H26F4N6O2. The molecule has 1 unspecified atom stereocenters. The first-order valence-corrected chi connectivity index (χ1v) is 13.4. The first-order chi connectivity index (χ1) is 20.4. The number of nitrogens with zero attached hydrogens (tertiary/aromatic N) is 3. The summed E-state index contributed by atoms with van der Waals surface area (Å²) in [6, 6.07) is 18.6. The molecule has 0 aliphatic heterocycles. The Morgan fingerprint density at radius 1 is 1.02 bits per heavy atom. The summed E-state index contributed by atoms with van der Waals surface area (Å²) in [5.74, 6) is -2.25. The minimum atomic E-state index is -4.90. The van der Waals surface area contributed by atoms with E-state index in [1.807, 2.05) is 0 Å². The number of hydrogen-bond donors (Lipinski definition) is 3. The zero-order valence-corrected chi connectivity index (χ0v) is 22.7. The molecule has 1 aliphatic carbocycles. The summed E-state index contributed by atoms with van der Waals surface area (Å²) < 4.78 is 56.6. The summed E-state index contributed by atoms with van der Waals surface area (Å²) in [4.78, 5) is 25.0. The Morgan fingerprint density at radius 3 is 2.42 bits per heavy atom. The van der Waals surface area contributed by atoms with Gasteiger partial charge in [-0.05, 0) is 72.4 Å². The molecule has 1 heterocycles. The summed E-state index contributed by atoms with van der Waals surface area (Å²) in [6.07, 6.45) is -1.48. The highest BCUT2D eigenvalue weighted by molar-refractivity contribution is 6.03. The van der Waals surface area contributed by atoms with E-state index in [1.54, 1.807) is 24.3 Å². The number of carbonyl (C=O) groups is 2. The van der Waals surface area contributed by atoms with E-state index in [4.69, 9.17) is 11.5 Å². The molecule has 0 bridgehead atoms. The smallest absolute Gasteiger partial charge is 0.366 e. The molecule has 8 nitrogen and oxygen atoms in total. The number of nitriles is 1. The minimum absolute atomic E-state index is 0.0161. The number of primary amides is 1. The molecule has 2 amide bonds. The van der Waals surface area contributed by atoms with Crippen molar-refractivity contribution >= 4 is 17.5 Å². The fourth-order valence-electron chi connectivity index (χ4n) is 4.91. The Morgan fingerprint density at radius 2 is 1.74 bits per heavy atom. The van der Waals surface area contributed by atoms with E-state index in [0.717, 1.165) is 25.3 Å². The summed E-state index contributed by atoms with van der Waals surface area (Å²) in [7, 11) is 0. The standard InChI is InChI=1S/C31H26F4N6O2/c32-24-10-9-22(30(38,12-11-18-7-8-18)21-5-1-3-19(13-21)17-36)15-25(24)39-29(43)26-16-27(31(33,34)35)40-41(26)23-6-2-4-20(14-23)28(37)42/h1-6,9-10,13-16,18H,7-8,11-12,38H2,(H2,37,42)(H,39,43). The van der Waals surface area contributed by atoms with Crippen LogP contribution in [-0.2, 0) is 11.7 Å². The zero-order valence-electron chi connectivity index (χ0n) is 22.7. The largest absolute Gasteiger partial charge is 0.435 e. The van der Waals surface area contributed by atoms with Crippen LogP contribution in [0.2, 0.25) is 0 Å². The van der Waals surface area contributed by atoms with Gasteiger partial charge in [0, 0.05) is 11.6 Å². The van der Waals surface area contributed by atoms with Gasteiger partial charge in [0.15, 0.2) is 5.69 Å². The van der Waals surface area contributed by atoms with Crippen molar-refractivity contribution in [1.82, 2.24) is 9.78 Å². The number of nitrogens with two attached hydrogens (primary N) is 2. The van der Waals surface area contributed by atoms with Gasteiger partial charge in [0.2, 0.25) is 5.91 Å². The summed E-state index contributed by atoms with van der Waals surface area (Å²) in [5, 5.41) is 15.3. The molecule has 4 aromatic rings. The SMILES string of the molecule is N#Cc1cccc(C(N)(CCC2CC2)c2ccc(F)c(NC(=O)c3cc(C(F)(F)F)nn3-c3cccc(C(N)=O)c3)c2)c1. The molecule has 220 valence electrons. The number of halogens is 4. The average molecular weight is 591 g/mol. The second-order valence-corrected chi connectivity index (χ2v) is 10.5.